The van der Waals surface area contributed by atoms with Crippen LogP contribution in [0.2, 0.25) is 0 Å². The zero-order valence-electron chi connectivity index (χ0n) is 14.4. The molecule has 1 fully saturated rings. The van der Waals surface area contributed by atoms with E-state index in [2.05, 4.69) is 10.3 Å². The zero-order chi connectivity index (χ0) is 18.0. The number of carbonyl (C=O) groups is 1. The Kier molecular flexibility index (Phi) is 5.03. The Bertz CT molecular complexity index is 761. The highest BCUT2D eigenvalue weighted by atomic mass is 19.1. The number of imidazole rings is 1. The highest BCUT2D eigenvalue weighted by Gasteiger charge is 2.31. The largest absolute Gasteiger partial charge is 0.385 e. The minimum atomic E-state index is -0.715. The highest BCUT2D eigenvalue weighted by Crippen LogP contribution is 2.29. The summed E-state index contributed by atoms with van der Waals surface area (Å²) in [6.07, 6.45) is 4.36. The van der Waals surface area contributed by atoms with Crippen molar-refractivity contribution in [2.75, 3.05) is 18.4 Å². The molecule has 2 aromatic rings. The minimum absolute atomic E-state index is 0.0737. The summed E-state index contributed by atoms with van der Waals surface area (Å²) in [6.45, 7) is 2.73. The number of nitrogens with zero attached hydrogens (tertiary/aromatic N) is 3. The molecule has 1 aromatic heterocycles. The lowest BCUT2D eigenvalue weighted by Crippen LogP contribution is -2.44. The summed E-state index contributed by atoms with van der Waals surface area (Å²) in [4.78, 5) is 18.3. The van der Waals surface area contributed by atoms with Gasteiger partial charge in [-0.1, -0.05) is 6.07 Å². The number of aromatic nitrogens is 2. The monoisotopic (exact) mass is 346 g/mol. The number of aliphatic hydroxyl groups excluding tert-OH is 1. The van der Waals surface area contributed by atoms with E-state index in [1.54, 1.807) is 40.9 Å². The quantitative estimate of drug-likeness (QED) is 0.898. The number of piperidine rings is 1. The molecule has 2 amide bonds. The van der Waals surface area contributed by atoms with Crippen LogP contribution in [-0.4, -0.2) is 38.7 Å². The van der Waals surface area contributed by atoms with Gasteiger partial charge in [0.15, 0.2) is 0 Å². The fourth-order valence-corrected chi connectivity index (χ4v) is 3.20. The van der Waals surface area contributed by atoms with Crippen LogP contribution in [0.4, 0.5) is 14.9 Å². The molecule has 6 nitrogen and oxygen atoms in total. The van der Waals surface area contributed by atoms with Crippen molar-refractivity contribution in [3.05, 3.63) is 47.8 Å². The molecule has 2 unspecified atom stereocenters. The van der Waals surface area contributed by atoms with Crippen LogP contribution >= 0.6 is 0 Å². The summed E-state index contributed by atoms with van der Waals surface area (Å²) in [5.74, 6) is 0.183. The van der Waals surface area contributed by atoms with Gasteiger partial charge in [0, 0.05) is 44.1 Å². The minimum Gasteiger partial charge on any atom is -0.385 e. The lowest BCUT2D eigenvalue weighted by atomic mass is 9.92. The molecule has 0 aliphatic carbocycles. The van der Waals surface area contributed by atoms with Crippen molar-refractivity contribution in [1.29, 1.82) is 0 Å². The average molecular weight is 346 g/mol. The molecule has 1 aliphatic heterocycles. The maximum absolute atomic E-state index is 13.6. The molecule has 1 aliphatic rings. The Morgan fingerprint density at radius 3 is 2.96 bits per heavy atom. The van der Waals surface area contributed by atoms with Crippen molar-refractivity contribution in [2.24, 2.45) is 13.0 Å². The Labute approximate surface area is 146 Å². The van der Waals surface area contributed by atoms with Gasteiger partial charge in [-0.15, -0.1) is 0 Å². The number of hydrogen-bond donors (Lipinski definition) is 2. The van der Waals surface area contributed by atoms with Crippen LogP contribution in [0.3, 0.4) is 0 Å². The number of likely N-dealkylation sites (tertiary alicyclic amines) is 1. The van der Waals surface area contributed by atoms with Crippen molar-refractivity contribution < 1.29 is 14.3 Å². The predicted octanol–water partition coefficient (Wildman–Crippen LogP) is 2.85. The van der Waals surface area contributed by atoms with Crippen LogP contribution in [0, 0.1) is 18.7 Å². The predicted molar refractivity (Wildman–Crippen MR) is 92.6 cm³/mol. The number of benzene rings is 1. The molecule has 0 bridgehead atoms. The normalized spacial score (nSPS) is 18.9. The average Bonchev–Trinajstić information content (AvgIpc) is 3.03. The number of carbonyl (C=O) groups excluding carboxylic acids is 1. The van der Waals surface area contributed by atoms with Gasteiger partial charge in [0.1, 0.15) is 17.7 Å². The summed E-state index contributed by atoms with van der Waals surface area (Å²) < 4.78 is 15.4. The smallest absolute Gasteiger partial charge is 0.321 e. The maximum Gasteiger partial charge on any atom is 0.321 e. The van der Waals surface area contributed by atoms with E-state index in [1.165, 1.54) is 6.07 Å². The molecule has 0 radical (unpaired) electrons. The highest BCUT2D eigenvalue weighted by molar-refractivity contribution is 5.89. The van der Waals surface area contributed by atoms with E-state index in [9.17, 15) is 14.3 Å². The number of rotatable bonds is 3. The summed E-state index contributed by atoms with van der Waals surface area (Å²) in [5.41, 5.74) is 0.967. The summed E-state index contributed by atoms with van der Waals surface area (Å²) in [7, 11) is 1.84. The number of aryl methyl sites for hydroxylation is 2. The number of hydrogen-bond acceptors (Lipinski definition) is 3. The lowest BCUT2D eigenvalue weighted by Gasteiger charge is -2.34. The van der Waals surface area contributed by atoms with E-state index < -0.39 is 6.10 Å². The van der Waals surface area contributed by atoms with Gasteiger partial charge in [0.05, 0.1) is 0 Å². The molecule has 25 heavy (non-hydrogen) atoms. The van der Waals surface area contributed by atoms with Gasteiger partial charge in [-0.25, -0.2) is 14.2 Å². The van der Waals surface area contributed by atoms with Gasteiger partial charge < -0.3 is 19.9 Å². The standard InChI is InChI=1S/C18H23FN4O2/c1-12-5-6-14(10-15(12)19)21-18(25)23-8-3-4-13(11-23)16(24)17-20-7-9-22(17)2/h5-7,9-10,13,16,24H,3-4,8,11H2,1-2H3,(H,21,25). The Hall–Kier alpha value is -2.41. The summed E-state index contributed by atoms with van der Waals surface area (Å²) in [5, 5.41) is 13.3. The third kappa shape index (κ3) is 3.82. The third-order valence-electron chi connectivity index (χ3n) is 4.74. The molecule has 134 valence electrons. The topological polar surface area (TPSA) is 70.4 Å². The lowest BCUT2D eigenvalue weighted by molar-refractivity contribution is 0.0552. The first kappa shape index (κ1) is 17.4. The second-order valence-corrected chi connectivity index (χ2v) is 6.58. The molecular formula is C18H23FN4O2. The third-order valence-corrected chi connectivity index (χ3v) is 4.74. The Balaban J connectivity index is 1.65. The zero-order valence-corrected chi connectivity index (χ0v) is 14.4. The molecule has 2 heterocycles. The van der Waals surface area contributed by atoms with Crippen molar-refractivity contribution in [2.45, 2.75) is 25.9 Å². The molecular weight excluding hydrogens is 323 g/mol. The number of aliphatic hydroxyl groups is 1. The van der Waals surface area contributed by atoms with Crippen molar-refractivity contribution >= 4 is 11.7 Å². The van der Waals surface area contributed by atoms with Gasteiger partial charge in [-0.3, -0.25) is 0 Å². The number of amides is 2. The number of nitrogens with one attached hydrogen (secondary N) is 1. The Morgan fingerprint density at radius 1 is 1.48 bits per heavy atom. The molecule has 0 saturated carbocycles. The van der Waals surface area contributed by atoms with Crippen LogP contribution in [-0.2, 0) is 7.05 Å². The molecule has 7 heteroatoms. The van der Waals surface area contributed by atoms with Crippen LogP contribution < -0.4 is 5.32 Å². The number of halogens is 1. The molecule has 2 atom stereocenters. The maximum atomic E-state index is 13.6. The van der Waals surface area contributed by atoms with Gasteiger partial charge in [0.2, 0.25) is 0 Å². The van der Waals surface area contributed by atoms with E-state index in [-0.39, 0.29) is 17.8 Å². The van der Waals surface area contributed by atoms with Crippen molar-refractivity contribution in [3.63, 3.8) is 0 Å². The van der Waals surface area contributed by atoms with Crippen LogP contribution in [0.1, 0.15) is 30.3 Å². The number of anilines is 1. The second kappa shape index (κ2) is 7.23. The van der Waals surface area contributed by atoms with E-state index in [0.717, 1.165) is 12.8 Å². The van der Waals surface area contributed by atoms with Crippen molar-refractivity contribution in [1.82, 2.24) is 14.5 Å². The molecule has 3 rings (SSSR count). The summed E-state index contributed by atoms with van der Waals surface area (Å²) in [6, 6.07) is 4.35. The van der Waals surface area contributed by atoms with Crippen LogP contribution in [0.25, 0.3) is 0 Å². The fourth-order valence-electron chi connectivity index (χ4n) is 3.20. The van der Waals surface area contributed by atoms with E-state index in [4.69, 9.17) is 0 Å². The van der Waals surface area contributed by atoms with E-state index in [0.29, 0.717) is 30.2 Å². The number of urea groups is 1. The van der Waals surface area contributed by atoms with Gasteiger partial charge in [-0.2, -0.15) is 0 Å². The Morgan fingerprint density at radius 2 is 2.28 bits per heavy atom. The first-order chi connectivity index (χ1) is 12.0. The summed E-state index contributed by atoms with van der Waals surface area (Å²) >= 11 is 0. The van der Waals surface area contributed by atoms with Gasteiger partial charge in [0.25, 0.3) is 0 Å². The van der Waals surface area contributed by atoms with Crippen LogP contribution in [0.5, 0.6) is 0 Å². The van der Waals surface area contributed by atoms with E-state index in [1.807, 2.05) is 7.05 Å². The van der Waals surface area contributed by atoms with Gasteiger partial charge in [-0.05, 0) is 37.5 Å². The SMILES string of the molecule is Cc1ccc(NC(=O)N2CCCC(C(O)c3nccn3C)C2)cc1F. The first-order valence-corrected chi connectivity index (χ1v) is 8.43. The van der Waals surface area contributed by atoms with Crippen LogP contribution in [0.15, 0.2) is 30.6 Å². The molecule has 1 saturated heterocycles. The van der Waals surface area contributed by atoms with Gasteiger partial charge >= 0.3 is 6.03 Å². The van der Waals surface area contributed by atoms with E-state index >= 15 is 0 Å². The molecule has 1 aromatic carbocycles. The molecule has 0 spiro atoms. The first-order valence-electron chi connectivity index (χ1n) is 8.43. The second-order valence-electron chi connectivity index (χ2n) is 6.58. The van der Waals surface area contributed by atoms with Crippen molar-refractivity contribution in [3.8, 4) is 0 Å². The fraction of sp³-hybridized carbons (Fsp3) is 0.444. The molecule has 2 N–H and O–H groups in total.